The average molecular weight is 370 g/mol. The van der Waals surface area contributed by atoms with Crippen LogP contribution in [0.25, 0.3) is 0 Å². The smallest absolute Gasteiger partial charge is 0.320 e. The summed E-state index contributed by atoms with van der Waals surface area (Å²) in [4.78, 5) is 13.9. The number of unbranched alkanes of at least 4 members (excludes halogenated alkanes) is 1. The van der Waals surface area contributed by atoms with Crippen molar-refractivity contribution < 1.29 is 14.3 Å². The Morgan fingerprint density at radius 2 is 1.88 bits per heavy atom. The zero-order valence-corrected chi connectivity index (χ0v) is 16.9. The highest BCUT2D eigenvalue weighted by Crippen LogP contribution is 2.16. The fraction of sp³-hybridized carbons (Fsp3) is 0.650. The van der Waals surface area contributed by atoms with Gasteiger partial charge >= 0.3 is 5.97 Å². The Morgan fingerprint density at radius 3 is 2.40 bits per heavy atom. The van der Waals surface area contributed by atoms with Crippen LogP contribution in [0, 0.1) is 0 Å². The van der Waals surface area contributed by atoms with Crippen molar-refractivity contribution in [3.05, 3.63) is 29.8 Å². The van der Waals surface area contributed by atoms with E-state index in [4.69, 9.17) is 21.1 Å². The summed E-state index contributed by atoms with van der Waals surface area (Å²) in [5.41, 5.74) is 0.701. The molecule has 0 amide bonds. The Bertz CT molecular complexity index is 511. The molecule has 5 heteroatoms. The third-order valence-corrected chi connectivity index (χ3v) is 4.12. The lowest BCUT2D eigenvalue weighted by Crippen LogP contribution is -2.40. The van der Waals surface area contributed by atoms with Gasteiger partial charge in [0.1, 0.15) is 11.4 Å². The molecule has 1 aromatic rings. The lowest BCUT2D eigenvalue weighted by atomic mass is 10.1. The standard InChI is InChI=1S/C20H32ClNO3/c1-6-7-12-24-18-10-8-16(9-11-18)13-17(14-21)22(5)15-19(23)25-20(2,3)4/h8-11,17H,6-7,12-15H2,1-5H3/t17-/m0/s1. The van der Waals surface area contributed by atoms with Crippen LogP contribution in [0.1, 0.15) is 46.1 Å². The molecule has 25 heavy (non-hydrogen) atoms. The molecule has 0 heterocycles. The number of halogens is 1. The van der Waals surface area contributed by atoms with E-state index in [9.17, 15) is 4.79 Å². The maximum atomic E-state index is 12.0. The number of hydrogen-bond acceptors (Lipinski definition) is 4. The summed E-state index contributed by atoms with van der Waals surface area (Å²) in [6.07, 6.45) is 2.96. The first-order chi connectivity index (χ1) is 11.7. The fourth-order valence-electron chi connectivity index (χ4n) is 2.36. The van der Waals surface area contributed by atoms with E-state index in [1.54, 1.807) is 0 Å². The molecule has 0 spiro atoms. The number of hydrogen-bond donors (Lipinski definition) is 0. The molecule has 0 bridgehead atoms. The van der Waals surface area contributed by atoms with E-state index in [0.717, 1.165) is 31.6 Å². The third-order valence-electron chi connectivity index (χ3n) is 3.76. The second kappa shape index (κ2) is 10.7. The van der Waals surface area contributed by atoms with E-state index in [1.807, 2.05) is 44.9 Å². The Kier molecular flexibility index (Phi) is 9.30. The Labute approximate surface area is 157 Å². The van der Waals surface area contributed by atoms with Crippen LogP contribution in [-0.2, 0) is 16.0 Å². The number of rotatable bonds is 10. The van der Waals surface area contributed by atoms with Gasteiger partial charge in [-0.15, -0.1) is 11.6 Å². The predicted octanol–water partition coefficient (Wildman–Crippen LogP) is 4.29. The SMILES string of the molecule is CCCCOc1ccc(C[C@@H](CCl)N(C)CC(=O)OC(C)(C)C)cc1. The minimum Gasteiger partial charge on any atom is -0.494 e. The number of alkyl halides is 1. The fourth-order valence-corrected chi connectivity index (χ4v) is 2.71. The largest absolute Gasteiger partial charge is 0.494 e. The van der Waals surface area contributed by atoms with Gasteiger partial charge in [0.2, 0.25) is 0 Å². The number of carbonyl (C=O) groups is 1. The molecule has 1 aromatic carbocycles. The van der Waals surface area contributed by atoms with E-state index < -0.39 is 5.60 Å². The van der Waals surface area contributed by atoms with Gasteiger partial charge in [-0.25, -0.2) is 0 Å². The number of nitrogens with zero attached hydrogens (tertiary/aromatic N) is 1. The number of benzene rings is 1. The van der Waals surface area contributed by atoms with Crippen LogP contribution < -0.4 is 4.74 Å². The molecule has 0 aliphatic carbocycles. The van der Waals surface area contributed by atoms with Gasteiger partial charge in [-0.2, -0.15) is 0 Å². The zero-order chi connectivity index (χ0) is 18.9. The van der Waals surface area contributed by atoms with E-state index in [1.165, 1.54) is 5.56 Å². The first-order valence-corrected chi connectivity index (χ1v) is 9.48. The zero-order valence-electron chi connectivity index (χ0n) is 16.2. The van der Waals surface area contributed by atoms with Crippen molar-refractivity contribution in [2.45, 2.75) is 58.6 Å². The van der Waals surface area contributed by atoms with Crippen LogP contribution in [-0.4, -0.2) is 48.6 Å². The van der Waals surface area contributed by atoms with E-state index in [2.05, 4.69) is 19.1 Å². The number of likely N-dealkylation sites (N-methyl/N-ethyl adjacent to an activating group) is 1. The van der Waals surface area contributed by atoms with Gasteiger partial charge in [0.15, 0.2) is 0 Å². The van der Waals surface area contributed by atoms with Crippen LogP contribution in [0.2, 0.25) is 0 Å². The molecule has 1 rings (SSSR count). The van der Waals surface area contributed by atoms with Gasteiger partial charge in [0, 0.05) is 11.9 Å². The minimum absolute atomic E-state index is 0.0704. The quantitative estimate of drug-likeness (QED) is 0.350. The first-order valence-electron chi connectivity index (χ1n) is 8.95. The molecule has 0 saturated carbocycles. The monoisotopic (exact) mass is 369 g/mol. The molecular formula is C20H32ClNO3. The third kappa shape index (κ3) is 9.13. The summed E-state index contributed by atoms with van der Waals surface area (Å²) in [6, 6.07) is 8.17. The maximum Gasteiger partial charge on any atom is 0.320 e. The predicted molar refractivity (Wildman–Crippen MR) is 104 cm³/mol. The van der Waals surface area contributed by atoms with Crippen LogP contribution in [0.4, 0.5) is 0 Å². The molecule has 0 aromatic heterocycles. The van der Waals surface area contributed by atoms with Gasteiger partial charge in [0.25, 0.3) is 0 Å². The first kappa shape index (κ1) is 21.8. The molecule has 1 atom stereocenters. The molecule has 0 aliphatic rings. The summed E-state index contributed by atoms with van der Waals surface area (Å²) >= 11 is 6.13. The average Bonchev–Trinajstić information content (AvgIpc) is 2.52. The summed E-state index contributed by atoms with van der Waals surface area (Å²) in [7, 11) is 1.90. The number of ether oxygens (including phenoxy) is 2. The van der Waals surface area contributed by atoms with Gasteiger partial charge in [-0.3, -0.25) is 9.69 Å². The van der Waals surface area contributed by atoms with Crippen molar-refractivity contribution >= 4 is 17.6 Å². The molecule has 0 aliphatic heterocycles. The molecule has 0 fully saturated rings. The number of carbonyl (C=O) groups excluding carboxylic acids is 1. The van der Waals surface area contributed by atoms with Gasteiger partial charge in [-0.1, -0.05) is 25.5 Å². The lowest BCUT2D eigenvalue weighted by molar-refractivity contribution is -0.156. The molecule has 0 N–H and O–H groups in total. The topological polar surface area (TPSA) is 38.8 Å². The molecular weight excluding hydrogens is 338 g/mol. The normalized spacial score (nSPS) is 12.9. The Morgan fingerprint density at radius 1 is 1.24 bits per heavy atom. The summed E-state index contributed by atoms with van der Waals surface area (Å²) in [5.74, 6) is 1.11. The van der Waals surface area contributed by atoms with Crippen molar-refractivity contribution in [3.63, 3.8) is 0 Å². The van der Waals surface area contributed by atoms with Crippen LogP contribution in [0.5, 0.6) is 5.75 Å². The highest BCUT2D eigenvalue weighted by molar-refractivity contribution is 6.18. The summed E-state index contributed by atoms with van der Waals surface area (Å²) < 4.78 is 11.1. The molecule has 142 valence electrons. The van der Waals surface area contributed by atoms with Crippen molar-refractivity contribution in [2.75, 3.05) is 26.1 Å². The van der Waals surface area contributed by atoms with Gasteiger partial charge < -0.3 is 9.47 Å². The molecule has 0 radical (unpaired) electrons. The maximum absolute atomic E-state index is 12.0. The number of esters is 1. The van der Waals surface area contributed by atoms with Gasteiger partial charge in [-0.05, 0) is 58.4 Å². The second-order valence-electron chi connectivity index (χ2n) is 7.36. The Hall–Kier alpha value is -1.26. The van der Waals surface area contributed by atoms with Crippen molar-refractivity contribution in [3.8, 4) is 5.75 Å². The summed E-state index contributed by atoms with van der Waals surface area (Å²) in [5, 5.41) is 0. The van der Waals surface area contributed by atoms with Crippen molar-refractivity contribution in [1.29, 1.82) is 0 Å². The second-order valence-corrected chi connectivity index (χ2v) is 7.67. The van der Waals surface area contributed by atoms with E-state index in [-0.39, 0.29) is 18.6 Å². The van der Waals surface area contributed by atoms with Crippen LogP contribution in [0.3, 0.4) is 0 Å². The Balaban J connectivity index is 2.55. The molecule has 4 nitrogen and oxygen atoms in total. The molecule has 0 saturated heterocycles. The summed E-state index contributed by atoms with van der Waals surface area (Å²) in [6.45, 7) is 8.73. The lowest BCUT2D eigenvalue weighted by Gasteiger charge is -2.27. The van der Waals surface area contributed by atoms with Crippen molar-refractivity contribution in [1.82, 2.24) is 4.90 Å². The highest BCUT2D eigenvalue weighted by Gasteiger charge is 2.21. The highest BCUT2D eigenvalue weighted by atomic mass is 35.5. The molecule has 0 unspecified atom stereocenters. The van der Waals surface area contributed by atoms with Crippen LogP contribution >= 0.6 is 11.6 Å². The van der Waals surface area contributed by atoms with Crippen molar-refractivity contribution in [2.24, 2.45) is 0 Å². The van der Waals surface area contributed by atoms with E-state index >= 15 is 0 Å². The van der Waals surface area contributed by atoms with E-state index in [0.29, 0.717) is 5.88 Å². The van der Waals surface area contributed by atoms with Gasteiger partial charge in [0.05, 0.1) is 13.2 Å². The minimum atomic E-state index is -0.470. The van der Waals surface area contributed by atoms with Crippen LogP contribution in [0.15, 0.2) is 24.3 Å².